The largest absolute Gasteiger partial charge is 0.390 e. The summed E-state index contributed by atoms with van der Waals surface area (Å²) in [5.74, 6) is 0.845. The van der Waals surface area contributed by atoms with E-state index in [1.54, 1.807) is 12.4 Å². The summed E-state index contributed by atoms with van der Waals surface area (Å²) < 4.78 is 0. The van der Waals surface area contributed by atoms with Crippen LogP contribution >= 0.6 is 0 Å². The second-order valence-electron chi connectivity index (χ2n) is 5.49. The zero-order valence-corrected chi connectivity index (χ0v) is 10.7. The zero-order chi connectivity index (χ0) is 12.1. The summed E-state index contributed by atoms with van der Waals surface area (Å²) in [4.78, 5) is 4.02. The second kappa shape index (κ2) is 5.63. The average Bonchev–Trinajstić information content (AvgIpc) is 2.34. The third kappa shape index (κ3) is 3.53. The molecule has 2 heteroatoms. The number of nitrogens with zero attached hydrogens (tertiary/aromatic N) is 1. The van der Waals surface area contributed by atoms with Crippen molar-refractivity contribution in [3.05, 3.63) is 30.1 Å². The minimum atomic E-state index is -0.467. The monoisotopic (exact) mass is 233 g/mol. The zero-order valence-electron chi connectivity index (χ0n) is 10.7. The Kier molecular flexibility index (Phi) is 4.16. The van der Waals surface area contributed by atoms with Gasteiger partial charge in [0.05, 0.1) is 5.60 Å². The van der Waals surface area contributed by atoms with Gasteiger partial charge in [-0.1, -0.05) is 19.8 Å². The summed E-state index contributed by atoms with van der Waals surface area (Å²) >= 11 is 0. The molecule has 1 aliphatic rings. The lowest BCUT2D eigenvalue weighted by Gasteiger charge is -2.36. The van der Waals surface area contributed by atoms with Crippen LogP contribution in [0.25, 0.3) is 0 Å². The SMILES string of the molecule is CCCC1CCC(O)(Cc2ccncc2)CC1. The maximum atomic E-state index is 10.6. The molecule has 1 fully saturated rings. The number of rotatable bonds is 4. The highest BCUT2D eigenvalue weighted by molar-refractivity contribution is 5.13. The highest BCUT2D eigenvalue weighted by atomic mass is 16.3. The van der Waals surface area contributed by atoms with E-state index in [9.17, 15) is 5.11 Å². The van der Waals surface area contributed by atoms with Crippen molar-refractivity contribution in [1.82, 2.24) is 4.98 Å². The molecule has 94 valence electrons. The first kappa shape index (κ1) is 12.6. The first-order chi connectivity index (χ1) is 8.22. The van der Waals surface area contributed by atoms with Gasteiger partial charge in [0.15, 0.2) is 0 Å². The van der Waals surface area contributed by atoms with Crippen LogP contribution in [0.5, 0.6) is 0 Å². The van der Waals surface area contributed by atoms with Crippen LogP contribution in [0.4, 0.5) is 0 Å². The van der Waals surface area contributed by atoms with Crippen LogP contribution < -0.4 is 0 Å². The van der Waals surface area contributed by atoms with Crippen LogP contribution in [-0.4, -0.2) is 15.7 Å². The van der Waals surface area contributed by atoms with Gasteiger partial charge in [-0.05, 0) is 49.3 Å². The van der Waals surface area contributed by atoms with Crippen LogP contribution in [0.2, 0.25) is 0 Å². The molecule has 0 amide bonds. The lowest BCUT2D eigenvalue weighted by molar-refractivity contribution is -0.00988. The average molecular weight is 233 g/mol. The minimum absolute atomic E-state index is 0.467. The second-order valence-corrected chi connectivity index (χ2v) is 5.49. The number of hydrogen-bond acceptors (Lipinski definition) is 2. The molecule has 0 aromatic carbocycles. The van der Waals surface area contributed by atoms with E-state index in [0.29, 0.717) is 0 Å². The molecule has 2 nitrogen and oxygen atoms in total. The van der Waals surface area contributed by atoms with Crippen LogP contribution in [0.1, 0.15) is 51.0 Å². The van der Waals surface area contributed by atoms with E-state index in [2.05, 4.69) is 11.9 Å². The van der Waals surface area contributed by atoms with Gasteiger partial charge in [-0.25, -0.2) is 0 Å². The molecule has 1 aromatic rings. The molecule has 1 saturated carbocycles. The summed E-state index contributed by atoms with van der Waals surface area (Å²) in [6.45, 7) is 2.25. The molecule has 0 bridgehead atoms. The minimum Gasteiger partial charge on any atom is -0.390 e. The third-order valence-corrected chi connectivity index (χ3v) is 4.02. The van der Waals surface area contributed by atoms with Crippen molar-refractivity contribution in [3.63, 3.8) is 0 Å². The number of hydrogen-bond donors (Lipinski definition) is 1. The Morgan fingerprint density at radius 1 is 1.29 bits per heavy atom. The van der Waals surface area contributed by atoms with Crippen molar-refractivity contribution in [1.29, 1.82) is 0 Å². The summed E-state index contributed by atoms with van der Waals surface area (Å²) in [5.41, 5.74) is 0.738. The fraction of sp³-hybridized carbons (Fsp3) is 0.667. The van der Waals surface area contributed by atoms with Crippen molar-refractivity contribution in [2.45, 2.75) is 57.5 Å². The first-order valence-electron chi connectivity index (χ1n) is 6.83. The molecule has 1 N–H and O–H groups in total. The number of aliphatic hydroxyl groups is 1. The summed E-state index contributed by atoms with van der Waals surface area (Å²) in [5, 5.41) is 10.6. The predicted octanol–water partition coefficient (Wildman–Crippen LogP) is 3.35. The molecule has 0 saturated heterocycles. The summed E-state index contributed by atoms with van der Waals surface area (Å²) in [6, 6.07) is 4.02. The van der Waals surface area contributed by atoms with Gasteiger partial charge < -0.3 is 5.11 Å². The van der Waals surface area contributed by atoms with Gasteiger partial charge in [-0.2, -0.15) is 0 Å². The van der Waals surface area contributed by atoms with Crippen molar-refractivity contribution in [3.8, 4) is 0 Å². The van der Waals surface area contributed by atoms with Gasteiger partial charge in [0, 0.05) is 18.8 Å². The quantitative estimate of drug-likeness (QED) is 0.865. The molecular weight excluding hydrogens is 210 g/mol. The maximum absolute atomic E-state index is 10.6. The molecule has 1 aliphatic carbocycles. The van der Waals surface area contributed by atoms with E-state index in [1.165, 1.54) is 31.2 Å². The standard InChI is InChI=1S/C15H23NO/c1-2-3-13-4-8-15(17,9-5-13)12-14-6-10-16-11-7-14/h6-7,10-11,13,17H,2-5,8-9,12H2,1H3. The summed E-state index contributed by atoms with van der Waals surface area (Å²) in [6.07, 6.45) is 11.3. The molecule has 1 aromatic heterocycles. The van der Waals surface area contributed by atoms with Crippen molar-refractivity contribution >= 4 is 0 Å². The Balaban J connectivity index is 1.89. The molecule has 0 spiro atoms. The molecule has 0 unspecified atom stereocenters. The van der Waals surface area contributed by atoms with Gasteiger partial charge in [0.1, 0.15) is 0 Å². The van der Waals surface area contributed by atoms with Gasteiger partial charge in [-0.15, -0.1) is 0 Å². The molecule has 1 heterocycles. The van der Waals surface area contributed by atoms with Crippen LogP contribution in [0.15, 0.2) is 24.5 Å². The van der Waals surface area contributed by atoms with Crippen molar-refractivity contribution < 1.29 is 5.11 Å². The summed E-state index contributed by atoms with van der Waals surface area (Å²) in [7, 11) is 0. The van der Waals surface area contributed by atoms with Crippen LogP contribution in [0, 0.1) is 5.92 Å². The van der Waals surface area contributed by atoms with E-state index in [4.69, 9.17) is 0 Å². The Hall–Kier alpha value is -0.890. The van der Waals surface area contributed by atoms with Gasteiger partial charge in [0.2, 0.25) is 0 Å². The highest BCUT2D eigenvalue weighted by Gasteiger charge is 2.32. The van der Waals surface area contributed by atoms with E-state index in [1.807, 2.05) is 12.1 Å². The van der Waals surface area contributed by atoms with Gasteiger partial charge in [-0.3, -0.25) is 4.98 Å². The van der Waals surface area contributed by atoms with Crippen LogP contribution in [-0.2, 0) is 6.42 Å². The normalized spacial score (nSPS) is 29.2. The lowest BCUT2D eigenvalue weighted by atomic mass is 9.75. The molecule has 0 aliphatic heterocycles. The third-order valence-electron chi connectivity index (χ3n) is 4.02. The molecule has 17 heavy (non-hydrogen) atoms. The number of pyridine rings is 1. The molecule has 2 rings (SSSR count). The molecule has 0 radical (unpaired) electrons. The number of aromatic nitrogens is 1. The molecular formula is C15H23NO. The van der Waals surface area contributed by atoms with Gasteiger partial charge in [0.25, 0.3) is 0 Å². The Labute approximate surface area is 104 Å². The fourth-order valence-corrected chi connectivity index (χ4v) is 2.97. The Bertz CT molecular complexity index is 328. The Morgan fingerprint density at radius 2 is 1.94 bits per heavy atom. The Morgan fingerprint density at radius 3 is 2.53 bits per heavy atom. The molecule has 0 atom stereocenters. The lowest BCUT2D eigenvalue weighted by Crippen LogP contribution is -2.36. The first-order valence-corrected chi connectivity index (χ1v) is 6.83. The topological polar surface area (TPSA) is 33.1 Å². The van der Waals surface area contributed by atoms with Crippen molar-refractivity contribution in [2.24, 2.45) is 5.92 Å². The maximum Gasteiger partial charge on any atom is 0.0688 e. The fourth-order valence-electron chi connectivity index (χ4n) is 2.97. The van der Waals surface area contributed by atoms with Crippen LogP contribution in [0.3, 0.4) is 0 Å². The van der Waals surface area contributed by atoms with E-state index >= 15 is 0 Å². The highest BCUT2D eigenvalue weighted by Crippen LogP contribution is 2.36. The van der Waals surface area contributed by atoms with Gasteiger partial charge >= 0.3 is 0 Å². The smallest absolute Gasteiger partial charge is 0.0688 e. The van der Waals surface area contributed by atoms with Crippen molar-refractivity contribution in [2.75, 3.05) is 0 Å². The predicted molar refractivity (Wildman–Crippen MR) is 69.8 cm³/mol. The van der Waals surface area contributed by atoms with E-state index in [-0.39, 0.29) is 0 Å². The van der Waals surface area contributed by atoms with E-state index in [0.717, 1.165) is 25.2 Å². The van der Waals surface area contributed by atoms with E-state index < -0.39 is 5.60 Å².